The SMILES string of the molecule is CCOc1cccc(-c2n[nH]c(=S)n2/N=C\c2ccc(Cl)c([N+](=O)[O-])c2)c1. The van der Waals surface area contributed by atoms with Crippen LogP contribution in [0.1, 0.15) is 12.5 Å². The van der Waals surface area contributed by atoms with Crippen molar-refractivity contribution in [1.82, 2.24) is 14.9 Å². The van der Waals surface area contributed by atoms with E-state index in [9.17, 15) is 10.1 Å². The quantitative estimate of drug-likeness (QED) is 0.284. The van der Waals surface area contributed by atoms with Gasteiger partial charge in [0.1, 0.15) is 10.8 Å². The molecule has 0 fully saturated rings. The molecule has 0 aliphatic carbocycles. The van der Waals surface area contributed by atoms with Gasteiger partial charge in [0, 0.05) is 17.2 Å². The Hall–Kier alpha value is -3.04. The summed E-state index contributed by atoms with van der Waals surface area (Å²) in [5, 5.41) is 22.3. The van der Waals surface area contributed by atoms with E-state index in [2.05, 4.69) is 15.3 Å². The Balaban J connectivity index is 1.97. The minimum absolute atomic E-state index is 0.0606. The van der Waals surface area contributed by atoms with Crippen molar-refractivity contribution in [1.29, 1.82) is 0 Å². The number of nitro groups is 1. The van der Waals surface area contributed by atoms with Crippen molar-refractivity contribution in [2.75, 3.05) is 6.61 Å². The van der Waals surface area contributed by atoms with Crippen LogP contribution in [0.4, 0.5) is 5.69 Å². The molecule has 0 radical (unpaired) electrons. The highest BCUT2D eigenvalue weighted by Gasteiger charge is 2.13. The molecule has 3 aromatic rings. The van der Waals surface area contributed by atoms with Crippen LogP contribution in [0.3, 0.4) is 0 Å². The van der Waals surface area contributed by atoms with E-state index in [1.807, 2.05) is 31.2 Å². The fourth-order valence-electron chi connectivity index (χ4n) is 2.35. The van der Waals surface area contributed by atoms with Gasteiger partial charge in [0.25, 0.3) is 5.69 Å². The van der Waals surface area contributed by atoms with Crippen LogP contribution in [0.25, 0.3) is 11.4 Å². The first-order chi connectivity index (χ1) is 13.0. The summed E-state index contributed by atoms with van der Waals surface area (Å²) < 4.78 is 7.22. The zero-order chi connectivity index (χ0) is 19.4. The van der Waals surface area contributed by atoms with E-state index in [-0.39, 0.29) is 15.5 Å². The first-order valence-electron chi connectivity index (χ1n) is 7.88. The van der Waals surface area contributed by atoms with E-state index in [0.29, 0.717) is 23.7 Å². The second-order valence-corrected chi connectivity index (χ2v) is 6.13. The van der Waals surface area contributed by atoms with Crippen molar-refractivity contribution in [2.45, 2.75) is 6.92 Å². The fourth-order valence-corrected chi connectivity index (χ4v) is 2.72. The van der Waals surface area contributed by atoms with Crippen LogP contribution in [-0.4, -0.2) is 32.6 Å². The molecule has 8 nitrogen and oxygen atoms in total. The van der Waals surface area contributed by atoms with Crippen molar-refractivity contribution in [2.24, 2.45) is 5.10 Å². The van der Waals surface area contributed by atoms with Crippen LogP contribution >= 0.6 is 23.8 Å². The van der Waals surface area contributed by atoms with E-state index < -0.39 is 4.92 Å². The minimum Gasteiger partial charge on any atom is -0.494 e. The standard InChI is InChI=1S/C17H14ClN5O3S/c1-2-26-13-5-3-4-12(9-13)16-20-21-17(27)22(16)19-10-11-6-7-14(18)15(8-11)23(24)25/h3-10H,2H2,1H3,(H,21,27)/b19-10-. The molecule has 0 aliphatic heterocycles. The zero-order valence-electron chi connectivity index (χ0n) is 14.1. The first kappa shape index (κ1) is 18.7. The smallest absolute Gasteiger partial charge is 0.288 e. The average Bonchev–Trinajstić information content (AvgIpc) is 3.02. The van der Waals surface area contributed by atoms with Crippen molar-refractivity contribution < 1.29 is 9.66 Å². The summed E-state index contributed by atoms with van der Waals surface area (Å²) in [4.78, 5) is 10.5. The van der Waals surface area contributed by atoms with Crippen LogP contribution < -0.4 is 4.74 Å². The number of hydrogen-bond acceptors (Lipinski definition) is 6. The normalized spacial score (nSPS) is 11.0. The number of nitrogens with zero attached hydrogens (tertiary/aromatic N) is 4. The molecule has 0 atom stereocenters. The molecular weight excluding hydrogens is 390 g/mol. The van der Waals surface area contributed by atoms with E-state index in [0.717, 1.165) is 5.56 Å². The lowest BCUT2D eigenvalue weighted by molar-refractivity contribution is -0.384. The third kappa shape index (κ3) is 4.21. The second-order valence-electron chi connectivity index (χ2n) is 5.34. The van der Waals surface area contributed by atoms with E-state index >= 15 is 0 Å². The molecule has 27 heavy (non-hydrogen) atoms. The summed E-state index contributed by atoms with van der Waals surface area (Å²) in [6.07, 6.45) is 1.45. The van der Waals surface area contributed by atoms with Gasteiger partial charge in [0.15, 0.2) is 5.82 Å². The van der Waals surface area contributed by atoms with E-state index in [1.54, 1.807) is 6.07 Å². The summed E-state index contributed by atoms with van der Waals surface area (Å²) in [5.41, 5.74) is 1.07. The van der Waals surface area contributed by atoms with Gasteiger partial charge in [-0.1, -0.05) is 29.8 Å². The number of H-pyrrole nitrogens is 1. The maximum absolute atomic E-state index is 11.0. The Morgan fingerprint density at radius 3 is 2.96 bits per heavy atom. The first-order valence-corrected chi connectivity index (χ1v) is 8.67. The molecule has 1 N–H and O–H groups in total. The molecule has 1 heterocycles. The number of nitro benzene ring substituents is 1. The Kier molecular flexibility index (Phi) is 5.63. The molecule has 0 saturated heterocycles. The molecule has 0 saturated carbocycles. The molecule has 2 aromatic carbocycles. The molecule has 0 unspecified atom stereocenters. The van der Waals surface area contributed by atoms with Gasteiger partial charge in [-0.15, -0.1) is 0 Å². The lowest BCUT2D eigenvalue weighted by Gasteiger charge is -2.05. The number of rotatable bonds is 6. The fraction of sp³-hybridized carbons (Fsp3) is 0.118. The number of ether oxygens (including phenoxy) is 1. The lowest BCUT2D eigenvalue weighted by atomic mass is 10.2. The van der Waals surface area contributed by atoms with Gasteiger partial charge in [-0.25, -0.2) is 5.10 Å². The van der Waals surface area contributed by atoms with Crippen molar-refractivity contribution in [3.8, 4) is 17.1 Å². The number of hydrogen-bond donors (Lipinski definition) is 1. The van der Waals surface area contributed by atoms with Gasteiger partial charge in [-0.3, -0.25) is 10.1 Å². The van der Waals surface area contributed by atoms with Crippen LogP contribution in [-0.2, 0) is 0 Å². The number of aromatic nitrogens is 3. The van der Waals surface area contributed by atoms with Crippen LogP contribution in [0.2, 0.25) is 5.02 Å². The summed E-state index contributed by atoms with van der Waals surface area (Å²) in [6.45, 7) is 2.45. The monoisotopic (exact) mass is 403 g/mol. The van der Waals surface area contributed by atoms with Crippen LogP contribution in [0.5, 0.6) is 5.75 Å². The highest BCUT2D eigenvalue weighted by molar-refractivity contribution is 7.71. The minimum atomic E-state index is -0.548. The van der Waals surface area contributed by atoms with E-state index in [4.69, 9.17) is 28.6 Å². The topological polar surface area (TPSA) is 98.3 Å². The largest absolute Gasteiger partial charge is 0.494 e. The zero-order valence-corrected chi connectivity index (χ0v) is 15.7. The molecule has 10 heteroatoms. The number of benzene rings is 2. The highest BCUT2D eigenvalue weighted by atomic mass is 35.5. The van der Waals surface area contributed by atoms with Gasteiger partial charge in [0.05, 0.1) is 17.7 Å². The summed E-state index contributed by atoms with van der Waals surface area (Å²) in [5.74, 6) is 1.19. The second kappa shape index (κ2) is 8.11. The summed E-state index contributed by atoms with van der Waals surface area (Å²) in [6, 6.07) is 11.8. The van der Waals surface area contributed by atoms with Crippen molar-refractivity contribution in [3.05, 3.63) is 67.9 Å². The third-order valence-corrected chi connectivity index (χ3v) is 4.13. The number of halogens is 1. The van der Waals surface area contributed by atoms with E-state index in [1.165, 1.54) is 23.0 Å². The van der Waals surface area contributed by atoms with Crippen molar-refractivity contribution in [3.63, 3.8) is 0 Å². The molecule has 0 amide bonds. The molecule has 138 valence electrons. The number of aromatic amines is 1. The Bertz CT molecular complexity index is 1080. The predicted octanol–water partition coefficient (Wildman–Crippen LogP) is 4.45. The van der Waals surface area contributed by atoms with Gasteiger partial charge >= 0.3 is 0 Å². The van der Waals surface area contributed by atoms with Gasteiger partial charge in [-0.05, 0) is 37.3 Å². The van der Waals surface area contributed by atoms with Gasteiger partial charge in [-0.2, -0.15) is 14.9 Å². The number of nitrogens with one attached hydrogen (secondary N) is 1. The molecular formula is C17H14ClN5O3S. The summed E-state index contributed by atoms with van der Waals surface area (Å²) in [7, 11) is 0. The third-order valence-electron chi connectivity index (χ3n) is 3.54. The maximum Gasteiger partial charge on any atom is 0.288 e. The Morgan fingerprint density at radius 1 is 1.41 bits per heavy atom. The highest BCUT2D eigenvalue weighted by Crippen LogP contribution is 2.25. The Morgan fingerprint density at radius 2 is 2.22 bits per heavy atom. The maximum atomic E-state index is 11.0. The van der Waals surface area contributed by atoms with Gasteiger partial charge in [0.2, 0.25) is 4.77 Å². The van der Waals surface area contributed by atoms with Gasteiger partial charge < -0.3 is 4.74 Å². The molecule has 0 aliphatic rings. The summed E-state index contributed by atoms with van der Waals surface area (Å²) >= 11 is 11.1. The molecule has 0 bridgehead atoms. The molecule has 0 spiro atoms. The molecule has 3 rings (SSSR count). The van der Waals surface area contributed by atoms with Crippen molar-refractivity contribution >= 4 is 35.7 Å². The van der Waals surface area contributed by atoms with Crippen LogP contribution in [0, 0.1) is 14.9 Å². The van der Waals surface area contributed by atoms with Crippen LogP contribution in [0.15, 0.2) is 47.6 Å². The lowest BCUT2D eigenvalue weighted by Crippen LogP contribution is -1.97. The molecule has 1 aromatic heterocycles. The average molecular weight is 404 g/mol. The Labute approximate surface area is 164 Å². The predicted molar refractivity (Wildman–Crippen MR) is 105 cm³/mol.